The summed E-state index contributed by atoms with van der Waals surface area (Å²) in [5, 5.41) is 8.35. The van der Waals surface area contributed by atoms with Crippen LogP contribution >= 0.6 is 23.1 Å². The van der Waals surface area contributed by atoms with Gasteiger partial charge < -0.3 is 4.74 Å². The molecule has 0 bridgehead atoms. The number of ether oxygens (including phenoxy) is 1. The molecule has 22 heavy (non-hydrogen) atoms. The number of para-hydroxylation sites is 1. The van der Waals surface area contributed by atoms with Crippen molar-refractivity contribution in [2.75, 3.05) is 7.11 Å². The lowest BCUT2D eigenvalue weighted by molar-refractivity contribution is -0.140. The molecule has 0 amide bonds. The van der Waals surface area contributed by atoms with Crippen LogP contribution in [0, 0.1) is 0 Å². The number of hydrogen-bond donors (Lipinski definition) is 0. The Labute approximate surface area is 136 Å². The summed E-state index contributed by atoms with van der Waals surface area (Å²) < 4.78 is 6.57. The van der Waals surface area contributed by atoms with Gasteiger partial charge in [0.25, 0.3) is 0 Å². The molecule has 0 spiro atoms. The molecule has 3 aromatic rings. The van der Waals surface area contributed by atoms with Crippen LogP contribution in [0.1, 0.15) is 10.8 Å². The fourth-order valence-electron chi connectivity index (χ4n) is 1.90. The molecule has 0 N–H and O–H groups in total. The molecule has 1 atom stereocenters. The molecule has 7 heteroatoms. The van der Waals surface area contributed by atoms with Gasteiger partial charge in [0.15, 0.2) is 0 Å². The Morgan fingerprint density at radius 2 is 2.14 bits per heavy atom. The molecule has 0 saturated carbocycles. The predicted molar refractivity (Wildman–Crippen MR) is 86.3 cm³/mol. The van der Waals surface area contributed by atoms with E-state index in [0.29, 0.717) is 5.16 Å². The van der Waals surface area contributed by atoms with Crippen molar-refractivity contribution in [1.82, 2.24) is 14.8 Å². The van der Waals surface area contributed by atoms with Crippen molar-refractivity contribution in [3.05, 3.63) is 59.0 Å². The van der Waals surface area contributed by atoms with E-state index in [2.05, 4.69) is 10.1 Å². The topological polar surface area (TPSA) is 57.0 Å². The predicted octanol–water partition coefficient (Wildman–Crippen LogP) is 3.34. The second kappa shape index (κ2) is 6.76. The number of rotatable bonds is 5. The standard InChI is InChI=1S/C15H13N3O2S2/c1-20-14(19)13(11-7-8-21-9-11)22-15-16-10-18(17-15)12-5-3-2-4-6-12/h2-10,13H,1H3. The Kier molecular flexibility index (Phi) is 4.55. The highest BCUT2D eigenvalue weighted by atomic mass is 32.2. The Balaban J connectivity index is 1.82. The van der Waals surface area contributed by atoms with Crippen LogP contribution in [0.25, 0.3) is 5.69 Å². The van der Waals surface area contributed by atoms with E-state index in [0.717, 1.165) is 11.3 Å². The molecule has 1 aromatic carbocycles. The van der Waals surface area contributed by atoms with Crippen LogP contribution in [0.15, 0.2) is 58.6 Å². The third kappa shape index (κ3) is 3.20. The zero-order valence-electron chi connectivity index (χ0n) is 11.7. The van der Waals surface area contributed by atoms with Crippen molar-refractivity contribution in [1.29, 1.82) is 0 Å². The minimum atomic E-state index is -0.456. The van der Waals surface area contributed by atoms with Crippen LogP contribution in [0.2, 0.25) is 0 Å². The first kappa shape index (κ1) is 14.8. The van der Waals surface area contributed by atoms with Gasteiger partial charge in [-0.2, -0.15) is 11.3 Å². The van der Waals surface area contributed by atoms with Gasteiger partial charge in [0, 0.05) is 0 Å². The summed E-state index contributed by atoms with van der Waals surface area (Å²) in [6, 6.07) is 11.6. The lowest BCUT2D eigenvalue weighted by atomic mass is 10.2. The number of benzene rings is 1. The zero-order chi connectivity index (χ0) is 15.4. The molecular formula is C15H13N3O2S2. The molecule has 1 unspecified atom stereocenters. The number of carbonyl (C=O) groups excluding carboxylic acids is 1. The van der Waals surface area contributed by atoms with Gasteiger partial charge >= 0.3 is 5.97 Å². The maximum Gasteiger partial charge on any atom is 0.323 e. The number of hydrogen-bond acceptors (Lipinski definition) is 6. The molecule has 2 aromatic heterocycles. The average molecular weight is 331 g/mol. The number of carbonyl (C=O) groups is 1. The Hall–Kier alpha value is -2.12. The molecule has 0 aliphatic carbocycles. The molecule has 0 radical (unpaired) electrons. The summed E-state index contributed by atoms with van der Waals surface area (Å²) in [7, 11) is 1.39. The number of thioether (sulfide) groups is 1. The highest BCUT2D eigenvalue weighted by Crippen LogP contribution is 2.35. The Bertz CT molecular complexity index is 741. The molecule has 5 nitrogen and oxygen atoms in total. The van der Waals surface area contributed by atoms with E-state index in [-0.39, 0.29) is 5.97 Å². The Morgan fingerprint density at radius 3 is 2.82 bits per heavy atom. The van der Waals surface area contributed by atoms with Crippen LogP contribution in [0.5, 0.6) is 0 Å². The lowest BCUT2D eigenvalue weighted by Gasteiger charge is -2.10. The van der Waals surface area contributed by atoms with Crippen LogP contribution < -0.4 is 0 Å². The van der Waals surface area contributed by atoms with Crippen LogP contribution in [-0.2, 0) is 9.53 Å². The second-order valence-corrected chi connectivity index (χ2v) is 6.24. The van der Waals surface area contributed by atoms with E-state index in [1.165, 1.54) is 18.9 Å². The monoisotopic (exact) mass is 331 g/mol. The van der Waals surface area contributed by atoms with Gasteiger partial charge in [-0.25, -0.2) is 9.67 Å². The summed E-state index contributed by atoms with van der Waals surface area (Å²) in [4.78, 5) is 16.3. The van der Waals surface area contributed by atoms with Gasteiger partial charge in [-0.1, -0.05) is 30.0 Å². The molecular weight excluding hydrogens is 318 g/mol. The summed E-state index contributed by atoms with van der Waals surface area (Å²) in [5.74, 6) is -0.306. The summed E-state index contributed by atoms with van der Waals surface area (Å²) in [5.41, 5.74) is 1.82. The fourth-order valence-corrected chi connectivity index (χ4v) is 3.60. The van der Waals surface area contributed by atoms with Crippen molar-refractivity contribution in [3.63, 3.8) is 0 Å². The summed E-state index contributed by atoms with van der Waals surface area (Å²) >= 11 is 2.83. The zero-order valence-corrected chi connectivity index (χ0v) is 13.4. The van der Waals surface area contributed by atoms with Gasteiger partial charge in [-0.15, -0.1) is 5.10 Å². The maximum absolute atomic E-state index is 12.0. The van der Waals surface area contributed by atoms with Crippen molar-refractivity contribution >= 4 is 29.1 Å². The maximum atomic E-state index is 12.0. The molecule has 0 aliphatic rings. The number of thiophene rings is 1. The molecule has 2 heterocycles. The van der Waals surface area contributed by atoms with Gasteiger partial charge in [-0.3, -0.25) is 4.79 Å². The van der Waals surface area contributed by atoms with Gasteiger partial charge in [0.2, 0.25) is 5.16 Å². The number of nitrogens with zero attached hydrogens (tertiary/aromatic N) is 3. The normalized spacial score (nSPS) is 12.0. The molecule has 0 saturated heterocycles. The minimum absolute atomic E-state index is 0.306. The van der Waals surface area contributed by atoms with Crippen LogP contribution in [-0.4, -0.2) is 27.8 Å². The summed E-state index contributed by atoms with van der Waals surface area (Å²) in [6.07, 6.45) is 1.64. The lowest BCUT2D eigenvalue weighted by Crippen LogP contribution is -2.10. The highest BCUT2D eigenvalue weighted by Gasteiger charge is 2.25. The van der Waals surface area contributed by atoms with E-state index in [9.17, 15) is 4.79 Å². The van der Waals surface area contributed by atoms with E-state index < -0.39 is 5.25 Å². The number of aromatic nitrogens is 3. The quantitative estimate of drug-likeness (QED) is 0.530. The largest absolute Gasteiger partial charge is 0.468 e. The van der Waals surface area contributed by atoms with E-state index in [4.69, 9.17) is 4.74 Å². The number of esters is 1. The third-order valence-electron chi connectivity index (χ3n) is 2.98. The third-order valence-corrected chi connectivity index (χ3v) is 4.78. The SMILES string of the molecule is COC(=O)C(Sc1ncn(-c2ccccc2)n1)c1ccsc1. The molecule has 112 valence electrons. The highest BCUT2D eigenvalue weighted by molar-refractivity contribution is 8.00. The van der Waals surface area contributed by atoms with Gasteiger partial charge in [0.05, 0.1) is 12.8 Å². The average Bonchev–Trinajstić information content (AvgIpc) is 3.24. The fraction of sp³-hybridized carbons (Fsp3) is 0.133. The van der Waals surface area contributed by atoms with Crippen molar-refractivity contribution < 1.29 is 9.53 Å². The first-order valence-electron chi connectivity index (χ1n) is 6.51. The Morgan fingerprint density at radius 1 is 1.32 bits per heavy atom. The molecule has 0 aliphatic heterocycles. The first-order valence-corrected chi connectivity index (χ1v) is 8.34. The van der Waals surface area contributed by atoms with Crippen molar-refractivity contribution in [2.24, 2.45) is 0 Å². The van der Waals surface area contributed by atoms with Gasteiger partial charge in [0.1, 0.15) is 11.6 Å². The second-order valence-electron chi connectivity index (χ2n) is 4.38. The van der Waals surface area contributed by atoms with E-state index >= 15 is 0 Å². The van der Waals surface area contributed by atoms with Crippen molar-refractivity contribution in [2.45, 2.75) is 10.4 Å². The van der Waals surface area contributed by atoms with Crippen LogP contribution in [0.3, 0.4) is 0 Å². The molecule has 3 rings (SSSR count). The molecule has 0 fully saturated rings. The minimum Gasteiger partial charge on any atom is -0.468 e. The van der Waals surface area contributed by atoms with E-state index in [1.54, 1.807) is 22.3 Å². The number of methoxy groups -OCH3 is 1. The first-order chi connectivity index (χ1) is 10.8. The van der Waals surface area contributed by atoms with Crippen molar-refractivity contribution in [3.8, 4) is 5.69 Å². The smallest absolute Gasteiger partial charge is 0.323 e. The van der Waals surface area contributed by atoms with Gasteiger partial charge in [-0.05, 0) is 34.5 Å². The van der Waals surface area contributed by atoms with E-state index in [1.807, 2.05) is 47.2 Å². The summed E-state index contributed by atoms with van der Waals surface area (Å²) in [6.45, 7) is 0. The van der Waals surface area contributed by atoms with Crippen LogP contribution in [0.4, 0.5) is 0 Å².